The van der Waals surface area contributed by atoms with Crippen LogP contribution in [0.4, 0.5) is 5.69 Å². The highest BCUT2D eigenvalue weighted by molar-refractivity contribution is 7.92. The summed E-state index contributed by atoms with van der Waals surface area (Å²) in [6.07, 6.45) is 1.12. The van der Waals surface area contributed by atoms with Gasteiger partial charge in [0, 0.05) is 5.39 Å². The molecular formula is C23H26N2O3S. The number of rotatable bonds is 6. The quantitative estimate of drug-likeness (QED) is 0.665. The zero-order valence-electron chi connectivity index (χ0n) is 17.1. The minimum Gasteiger partial charge on any atom is -0.348 e. The highest BCUT2D eigenvalue weighted by Crippen LogP contribution is 2.28. The fraction of sp³-hybridized carbons (Fsp3) is 0.261. The molecule has 0 saturated carbocycles. The molecule has 152 valence electrons. The van der Waals surface area contributed by atoms with E-state index in [0.29, 0.717) is 5.69 Å². The Hall–Kier alpha value is -2.86. The summed E-state index contributed by atoms with van der Waals surface area (Å²) in [7, 11) is -3.65. The van der Waals surface area contributed by atoms with E-state index < -0.39 is 10.0 Å². The second-order valence-electron chi connectivity index (χ2n) is 7.42. The van der Waals surface area contributed by atoms with Crippen molar-refractivity contribution in [1.82, 2.24) is 5.32 Å². The van der Waals surface area contributed by atoms with E-state index in [1.807, 2.05) is 69.3 Å². The SMILES string of the molecule is Cc1ccc(C)c(C(C)NC(=O)CN(c2cccc3ccccc23)S(C)(=O)=O)c1. The highest BCUT2D eigenvalue weighted by atomic mass is 32.2. The van der Waals surface area contributed by atoms with Crippen molar-refractivity contribution in [3.8, 4) is 0 Å². The Morgan fingerprint density at radius 1 is 1.03 bits per heavy atom. The molecule has 0 heterocycles. The normalized spacial score (nSPS) is 12.6. The first kappa shape index (κ1) is 20.9. The monoisotopic (exact) mass is 410 g/mol. The molecule has 1 unspecified atom stereocenters. The maximum Gasteiger partial charge on any atom is 0.241 e. The number of hydrogen-bond donors (Lipinski definition) is 1. The lowest BCUT2D eigenvalue weighted by Crippen LogP contribution is -2.41. The number of sulfonamides is 1. The summed E-state index contributed by atoms with van der Waals surface area (Å²) >= 11 is 0. The number of benzene rings is 3. The van der Waals surface area contributed by atoms with Crippen molar-refractivity contribution < 1.29 is 13.2 Å². The van der Waals surface area contributed by atoms with Gasteiger partial charge in [0.15, 0.2) is 0 Å². The summed E-state index contributed by atoms with van der Waals surface area (Å²) in [5.74, 6) is -0.350. The standard InChI is InChI=1S/C23H26N2O3S/c1-16-12-13-17(2)21(14-16)18(3)24-23(26)15-25(29(4,27)28)22-11-7-9-19-8-5-6-10-20(19)22/h5-14,18H,15H2,1-4H3,(H,24,26). The van der Waals surface area contributed by atoms with Crippen LogP contribution in [0.15, 0.2) is 60.7 Å². The average molecular weight is 411 g/mol. The average Bonchev–Trinajstić information content (AvgIpc) is 2.66. The molecule has 3 aromatic rings. The van der Waals surface area contributed by atoms with Gasteiger partial charge in [0.2, 0.25) is 15.9 Å². The zero-order chi connectivity index (χ0) is 21.2. The van der Waals surface area contributed by atoms with Gasteiger partial charge in [0.05, 0.1) is 18.0 Å². The molecule has 6 heteroatoms. The third-order valence-corrected chi connectivity index (χ3v) is 6.13. The molecule has 1 N–H and O–H groups in total. The molecular weight excluding hydrogens is 384 g/mol. The first-order valence-electron chi connectivity index (χ1n) is 9.49. The number of carbonyl (C=O) groups is 1. The molecule has 0 spiro atoms. The first-order valence-corrected chi connectivity index (χ1v) is 11.3. The lowest BCUT2D eigenvalue weighted by molar-refractivity contribution is -0.120. The van der Waals surface area contributed by atoms with Crippen LogP contribution in [0, 0.1) is 13.8 Å². The van der Waals surface area contributed by atoms with Gasteiger partial charge in [-0.3, -0.25) is 9.10 Å². The predicted molar refractivity (Wildman–Crippen MR) is 119 cm³/mol. The van der Waals surface area contributed by atoms with Gasteiger partial charge >= 0.3 is 0 Å². The van der Waals surface area contributed by atoms with E-state index in [4.69, 9.17) is 0 Å². The molecule has 3 rings (SSSR count). The minimum absolute atomic E-state index is 0.226. The van der Waals surface area contributed by atoms with Crippen molar-refractivity contribution >= 4 is 32.4 Å². The van der Waals surface area contributed by atoms with Crippen molar-refractivity contribution in [2.75, 3.05) is 17.1 Å². The van der Waals surface area contributed by atoms with Crippen LogP contribution < -0.4 is 9.62 Å². The number of nitrogens with zero attached hydrogens (tertiary/aromatic N) is 1. The topological polar surface area (TPSA) is 66.5 Å². The van der Waals surface area contributed by atoms with Gasteiger partial charge < -0.3 is 5.32 Å². The van der Waals surface area contributed by atoms with E-state index >= 15 is 0 Å². The number of carbonyl (C=O) groups excluding carboxylic acids is 1. The van der Waals surface area contributed by atoms with Gasteiger partial charge in [-0.2, -0.15) is 0 Å². The van der Waals surface area contributed by atoms with Gasteiger partial charge in [0.25, 0.3) is 0 Å². The Bertz CT molecular complexity index is 1150. The zero-order valence-corrected chi connectivity index (χ0v) is 18.0. The molecule has 5 nitrogen and oxygen atoms in total. The second-order valence-corrected chi connectivity index (χ2v) is 9.32. The van der Waals surface area contributed by atoms with Crippen LogP contribution in [0.2, 0.25) is 0 Å². The molecule has 1 amide bonds. The predicted octanol–water partition coefficient (Wildman–Crippen LogP) is 4.10. The number of hydrogen-bond acceptors (Lipinski definition) is 3. The van der Waals surface area contributed by atoms with Crippen molar-refractivity contribution in [2.24, 2.45) is 0 Å². The van der Waals surface area contributed by atoms with Crippen LogP contribution in [0.5, 0.6) is 0 Å². The summed E-state index contributed by atoms with van der Waals surface area (Å²) in [5, 5.41) is 4.65. The van der Waals surface area contributed by atoms with E-state index in [1.54, 1.807) is 12.1 Å². The van der Waals surface area contributed by atoms with Crippen LogP contribution >= 0.6 is 0 Å². The number of fused-ring (bicyclic) bond motifs is 1. The molecule has 0 bridgehead atoms. The Labute approximate surface area is 172 Å². The van der Waals surface area contributed by atoms with E-state index in [0.717, 1.165) is 33.7 Å². The minimum atomic E-state index is -3.65. The maximum absolute atomic E-state index is 12.8. The van der Waals surface area contributed by atoms with E-state index in [9.17, 15) is 13.2 Å². The number of aryl methyl sites for hydroxylation is 2. The summed E-state index contributed by atoms with van der Waals surface area (Å²) in [6.45, 7) is 5.63. The molecule has 1 atom stereocenters. The van der Waals surface area contributed by atoms with E-state index in [1.165, 1.54) is 4.31 Å². The molecule has 0 radical (unpaired) electrons. The summed E-state index contributed by atoms with van der Waals surface area (Å²) in [5.41, 5.74) is 3.71. The first-order chi connectivity index (χ1) is 13.7. The van der Waals surface area contributed by atoms with Crippen LogP contribution in [-0.2, 0) is 14.8 Å². The van der Waals surface area contributed by atoms with Crippen molar-refractivity contribution in [1.29, 1.82) is 0 Å². The van der Waals surface area contributed by atoms with Crippen molar-refractivity contribution in [3.05, 3.63) is 77.4 Å². The van der Waals surface area contributed by atoms with Crippen LogP contribution in [-0.4, -0.2) is 27.1 Å². The van der Waals surface area contributed by atoms with Gasteiger partial charge in [-0.25, -0.2) is 8.42 Å². The van der Waals surface area contributed by atoms with Crippen LogP contribution in [0.25, 0.3) is 10.8 Å². The van der Waals surface area contributed by atoms with Gasteiger partial charge in [-0.1, -0.05) is 60.2 Å². The summed E-state index contributed by atoms with van der Waals surface area (Å²) in [4.78, 5) is 12.8. The van der Waals surface area contributed by atoms with Crippen LogP contribution in [0.3, 0.4) is 0 Å². The Balaban J connectivity index is 1.88. The molecule has 3 aromatic carbocycles. The molecule has 0 saturated heterocycles. The summed E-state index contributed by atoms with van der Waals surface area (Å²) in [6, 6.07) is 18.8. The molecule has 0 fully saturated rings. The van der Waals surface area contributed by atoms with E-state index in [2.05, 4.69) is 5.32 Å². The maximum atomic E-state index is 12.8. The Morgan fingerprint density at radius 2 is 1.72 bits per heavy atom. The smallest absolute Gasteiger partial charge is 0.241 e. The lowest BCUT2D eigenvalue weighted by Gasteiger charge is -2.25. The number of anilines is 1. The Kier molecular flexibility index (Phi) is 5.94. The van der Waals surface area contributed by atoms with Gasteiger partial charge in [-0.15, -0.1) is 0 Å². The molecule has 0 aromatic heterocycles. The fourth-order valence-electron chi connectivity index (χ4n) is 3.53. The molecule has 0 aliphatic rings. The third kappa shape index (κ3) is 4.77. The van der Waals surface area contributed by atoms with Crippen molar-refractivity contribution in [2.45, 2.75) is 26.8 Å². The van der Waals surface area contributed by atoms with Gasteiger partial charge in [0.1, 0.15) is 6.54 Å². The third-order valence-electron chi connectivity index (χ3n) is 5.00. The fourth-order valence-corrected chi connectivity index (χ4v) is 4.40. The molecule has 0 aliphatic carbocycles. The van der Waals surface area contributed by atoms with Gasteiger partial charge in [-0.05, 0) is 43.4 Å². The highest BCUT2D eigenvalue weighted by Gasteiger charge is 2.23. The largest absolute Gasteiger partial charge is 0.348 e. The lowest BCUT2D eigenvalue weighted by atomic mass is 10.00. The molecule has 0 aliphatic heterocycles. The number of amides is 1. The number of nitrogens with one attached hydrogen (secondary N) is 1. The van der Waals surface area contributed by atoms with Crippen molar-refractivity contribution in [3.63, 3.8) is 0 Å². The summed E-state index contributed by atoms with van der Waals surface area (Å²) < 4.78 is 26.2. The van der Waals surface area contributed by atoms with Crippen LogP contribution in [0.1, 0.15) is 29.7 Å². The van der Waals surface area contributed by atoms with E-state index in [-0.39, 0.29) is 18.5 Å². The second kappa shape index (κ2) is 8.25. The molecule has 29 heavy (non-hydrogen) atoms. The Morgan fingerprint density at radius 3 is 2.45 bits per heavy atom.